The van der Waals surface area contributed by atoms with Gasteiger partial charge in [-0.15, -0.1) is 0 Å². The average Bonchev–Trinajstić information content (AvgIpc) is 2.99. The number of nitrogens with one attached hydrogen (secondary N) is 1. The second kappa shape index (κ2) is 6.22. The van der Waals surface area contributed by atoms with Crippen LogP contribution < -0.4 is 5.32 Å². The minimum atomic E-state index is 0.922. The highest BCUT2D eigenvalue weighted by Gasteiger charge is 2.19. The summed E-state index contributed by atoms with van der Waals surface area (Å²) in [6.45, 7) is 3.85. The summed E-state index contributed by atoms with van der Waals surface area (Å²) in [5.74, 6) is 0.926. The van der Waals surface area contributed by atoms with E-state index in [2.05, 4.69) is 49.0 Å². The maximum absolute atomic E-state index is 4.55. The number of benzene rings is 1. The molecule has 4 rings (SSSR count). The van der Waals surface area contributed by atoms with Gasteiger partial charge in [0.25, 0.3) is 0 Å². The molecule has 0 saturated heterocycles. The van der Waals surface area contributed by atoms with Crippen molar-refractivity contribution >= 4 is 11.6 Å². The molecule has 1 aliphatic rings. The number of nitrogens with zero attached hydrogens (tertiary/aromatic N) is 4. The Morgan fingerprint density at radius 3 is 2.65 bits per heavy atom. The van der Waals surface area contributed by atoms with Crippen molar-refractivity contribution in [1.29, 1.82) is 0 Å². The molecule has 0 atom stereocenters. The van der Waals surface area contributed by atoms with Crippen molar-refractivity contribution in [3.63, 3.8) is 0 Å². The molecule has 0 fully saturated rings. The normalized spacial score (nSPS) is 14.4. The first-order chi connectivity index (χ1) is 11.4. The molecular formula is C18H19N5. The Morgan fingerprint density at radius 2 is 1.83 bits per heavy atom. The van der Waals surface area contributed by atoms with Crippen LogP contribution in [0.25, 0.3) is 0 Å². The average molecular weight is 305 g/mol. The topological polar surface area (TPSA) is 46.0 Å². The van der Waals surface area contributed by atoms with Gasteiger partial charge in [-0.05, 0) is 29.8 Å². The lowest BCUT2D eigenvalue weighted by atomic mass is 10.2. The molecule has 0 unspecified atom stereocenters. The van der Waals surface area contributed by atoms with Crippen molar-refractivity contribution in [3.8, 4) is 0 Å². The molecule has 0 saturated carbocycles. The first-order valence-electron chi connectivity index (χ1n) is 7.86. The van der Waals surface area contributed by atoms with Gasteiger partial charge in [-0.3, -0.25) is 9.88 Å². The van der Waals surface area contributed by atoms with Crippen LogP contribution in [0.1, 0.15) is 11.3 Å². The largest absolute Gasteiger partial charge is 0.326 e. The number of rotatable bonds is 4. The molecule has 5 nitrogen and oxygen atoms in total. The van der Waals surface area contributed by atoms with Crippen LogP contribution in [0, 0.1) is 0 Å². The third-order valence-corrected chi connectivity index (χ3v) is 4.15. The summed E-state index contributed by atoms with van der Waals surface area (Å²) in [7, 11) is 0. The first kappa shape index (κ1) is 14.0. The third-order valence-electron chi connectivity index (χ3n) is 4.15. The van der Waals surface area contributed by atoms with Crippen LogP contribution in [-0.4, -0.2) is 26.0 Å². The molecule has 1 aliphatic heterocycles. The summed E-state index contributed by atoms with van der Waals surface area (Å²) in [5, 5.41) is 3.40. The molecule has 3 heterocycles. The number of imidazole rings is 1. The van der Waals surface area contributed by atoms with Crippen molar-refractivity contribution in [2.24, 2.45) is 0 Å². The zero-order chi connectivity index (χ0) is 15.5. The van der Waals surface area contributed by atoms with Crippen LogP contribution in [0.5, 0.6) is 0 Å². The molecule has 0 radical (unpaired) electrons. The Labute approximate surface area is 135 Å². The Bertz CT molecular complexity index is 767. The van der Waals surface area contributed by atoms with E-state index in [4.69, 9.17) is 0 Å². The molecule has 5 heteroatoms. The summed E-state index contributed by atoms with van der Waals surface area (Å²) in [5.41, 5.74) is 3.62. The van der Waals surface area contributed by atoms with Gasteiger partial charge in [0.1, 0.15) is 0 Å². The first-order valence-corrected chi connectivity index (χ1v) is 7.86. The highest BCUT2D eigenvalue weighted by atomic mass is 15.3. The second-order valence-corrected chi connectivity index (χ2v) is 5.78. The Balaban J connectivity index is 1.47. The summed E-state index contributed by atoms with van der Waals surface area (Å²) in [4.78, 5) is 11.1. The maximum atomic E-state index is 4.55. The van der Waals surface area contributed by atoms with Gasteiger partial charge >= 0.3 is 0 Å². The number of aromatic nitrogens is 3. The summed E-state index contributed by atoms with van der Waals surface area (Å²) < 4.78 is 2.27. The van der Waals surface area contributed by atoms with Gasteiger partial charge in [-0.2, -0.15) is 0 Å². The quantitative estimate of drug-likeness (QED) is 0.805. The van der Waals surface area contributed by atoms with Gasteiger partial charge in [0.15, 0.2) is 0 Å². The monoisotopic (exact) mass is 305 g/mol. The highest BCUT2D eigenvalue weighted by molar-refractivity contribution is 5.53. The fourth-order valence-electron chi connectivity index (χ4n) is 2.97. The van der Waals surface area contributed by atoms with E-state index in [0.717, 1.165) is 37.8 Å². The predicted molar refractivity (Wildman–Crippen MR) is 90.3 cm³/mol. The molecule has 0 amide bonds. The number of pyridine rings is 1. The Morgan fingerprint density at radius 1 is 1.00 bits per heavy atom. The van der Waals surface area contributed by atoms with E-state index in [0.29, 0.717) is 0 Å². The van der Waals surface area contributed by atoms with E-state index < -0.39 is 0 Å². The Kier molecular flexibility index (Phi) is 3.78. The molecule has 2 aromatic heterocycles. The number of hydrogen-bond donors (Lipinski definition) is 1. The molecule has 3 aromatic rings. The molecule has 116 valence electrons. The van der Waals surface area contributed by atoms with Gasteiger partial charge in [0, 0.05) is 44.3 Å². The van der Waals surface area contributed by atoms with E-state index >= 15 is 0 Å². The van der Waals surface area contributed by atoms with Crippen molar-refractivity contribution in [2.45, 2.75) is 19.6 Å². The van der Waals surface area contributed by atoms with Crippen LogP contribution in [0.2, 0.25) is 0 Å². The van der Waals surface area contributed by atoms with E-state index in [1.807, 2.05) is 36.8 Å². The number of para-hydroxylation sites is 1. The van der Waals surface area contributed by atoms with Crippen molar-refractivity contribution in [1.82, 2.24) is 19.4 Å². The second-order valence-electron chi connectivity index (χ2n) is 5.78. The van der Waals surface area contributed by atoms with Gasteiger partial charge < -0.3 is 9.88 Å². The van der Waals surface area contributed by atoms with Crippen molar-refractivity contribution in [2.75, 3.05) is 11.9 Å². The number of fused-ring (bicyclic) bond motifs is 1. The van der Waals surface area contributed by atoms with Crippen LogP contribution in [0.4, 0.5) is 11.6 Å². The molecular weight excluding hydrogens is 286 g/mol. The zero-order valence-electron chi connectivity index (χ0n) is 12.9. The predicted octanol–water partition coefficient (Wildman–Crippen LogP) is 3.04. The fourth-order valence-corrected chi connectivity index (χ4v) is 2.97. The van der Waals surface area contributed by atoms with Crippen molar-refractivity contribution < 1.29 is 0 Å². The van der Waals surface area contributed by atoms with E-state index in [1.165, 1.54) is 11.3 Å². The minimum Gasteiger partial charge on any atom is -0.326 e. The standard InChI is InChI=1S/C18H19N5/c1-2-4-16(5-3-1)21-18-20-12-17-14-22(10-11-23(17)18)13-15-6-8-19-9-7-15/h1-9,12H,10-11,13-14H2,(H,20,21). The molecule has 23 heavy (non-hydrogen) atoms. The van der Waals surface area contributed by atoms with Crippen LogP contribution in [0.15, 0.2) is 61.1 Å². The van der Waals surface area contributed by atoms with E-state index in [1.54, 1.807) is 0 Å². The van der Waals surface area contributed by atoms with Crippen LogP contribution >= 0.6 is 0 Å². The highest BCUT2D eigenvalue weighted by Crippen LogP contribution is 2.22. The SMILES string of the molecule is c1ccc(Nc2ncc3n2CCN(Cc2ccncc2)C3)cc1. The Hall–Kier alpha value is -2.66. The van der Waals surface area contributed by atoms with Gasteiger partial charge in [0.2, 0.25) is 5.95 Å². The lowest BCUT2D eigenvalue weighted by Gasteiger charge is -2.28. The lowest BCUT2D eigenvalue weighted by Crippen LogP contribution is -2.33. The lowest BCUT2D eigenvalue weighted by molar-refractivity contribution is 0.214. The van der Waals surface area contributed by atoms with Crippen LogP contribution in [0.3, 0.4) is 0 Å². The third kappa shape index (κ3) is 3.10. The summed E-state index contributed by atoms with van der Waals surface area (Å²) in [6.07, 6.45) is 5.68. The van der Waals surface area contributed by atoms with Crippen molar-refractivity contribution in [3.05, 3.63) is 72.3 Å². The molecule has 0 aliphatic carbocycles. The fraction of sp³-hybridized carbons (Fsp3) is 0.222. The molecule has 1 aromatic carbocycles. The van der Waals surface area contributed by atoms with Gasteiger partial charge in [0.05, 0.1) is 11.9 Å². The summed E-state index contributed by atoms with van der Waals surface area (Å²) >= 11 is 0. The molecule has 1 N–H and O–H groups in total. The number of anilines is 2. The maximum Gasteiger partial charge on any atom is 0.207 e. The van der Waals surface area contributed by atoms with E-state index in [-0.39, 0.29) is 0 Å². The molecule has 0 spiro atoms. The molecule has 0 bridgehead atoms. The van der Waals surface area contributed by atoms with Gasteiger partial charge in [-0.1, -0.05) is 18.2 Å². The van der Waals surface area contributed by atoms with E-state index in [9.17, 15) is 0 Å². The summed E-state index contributed by atoms with van der Waals surface area (Å²) in [6, 6.07) is 14.3. The minimum absolute atomic E-state index is 0.922. The zero-order valence-corrected chi connectivity index (χ0v) is 12.9. The van der Waals surface area contributed by atoms with Crippen LogP contribution in [-0.2, 0) is 19.6 Å². The van der Waals surface area contributed by atoms with Gasteiger partial charge in [-0.25, -0.2) is 4.98 Å². The smallest absolute Gasteiger partial charge is 0.207 e. The number of hydrogen-bond acceptors (Lipinski definition) is 4.